The normalized spacial score (nSPS) is 15.5. The zero-order chi connectivity index (χ0) is 19.9. The van der Waals surface area contributed by atoms with E-state index < -0.39 is 17.9 Å². The first-order chi connectivity index (χ1) is 13.5. The number of hydrogen-bond acceptors (Lipinski definition) is 4. The van der Waals surface area contributed by atoms with Crippen molar-refractivity contribution in [3.05, 3.63) is 54.0 Å². The van der Waals surface area contributed by atoms with E-state index in [1.165, 1.54) is 18.8 Å². The summed E-state index contributed by atoms with van der Waals surface area (Å²) >= 11 is 0. The molecule has 148 valence electrons. The summed E-state index contributed by atoms with van der Waals surface area (Å²) in [4.78, 5) is 37.3. The Kier molecular flexibility index (Phi) is 6.47. The largest absolute Gasteiger partial charge is 0.459 e. The fourth-order valence-corrected chi connectivity index (χ4v) is 3.29. The third kappa shape index (κ3) is 5.00. The van der Waals surface area contributed by atoms with Gasteiger partial charge < -0.3 is 20.4 Å². The lowest BCUT2D eigenvalue weighted by molar-refractivity contribution is -0.123. The van der Waals surface area contributed by atoms with Gasteiger partial charge in [-0.3, -0.25) is 14.4 Å². The molecule has 3 rings (SSSR count). The van der Waals surface area contributed by atoms with Crippen LogP contribution in [0.25, 0.3) is 0 Å². The summed E-state index contributed by atoms with van der Waals surface area (Å²) in [6.45, 7) is 1.65. The zero-order valence-electron chi connectivity index (χ0n) is 15.9. The van der Waals surface area contributed by atoms with Crippen LogP contribution in [0.2, 0.25) is 0 Å². The van der Waals surface area contributed by atoms with Gasteiger partial charge in [-0.2, -0.15) is 0 Å². The van der Waals surface area contributed by atoms with Gasteiger partial charge in [0.2, 0.25) is 5.91 Å². The standard InChI is InChI=1S/C21H25N3O4/c1-14(19(25)23-15-8-3-2-4-9-15)22-20(26)16-10-5-6-11-17(16)24-21(27)18-12-7-13-28-18/h5-7,10-15H,2-4,8-9H2,1H3,(H,22,26)(H,23,25)(H,24,27)/t14-/m1/s1. The molecule has 1 aliphatic rings. The number of carbonyl (C=O) groups is 3. The van der Waals surface area contributed by atoms with Crippen LogP contribution >= 0.6 is 0 Å². The van der Waals surface area contributed by atoms with Crippen molar-refractivity contribution >= 4 is 23.4 Å². The number of rotatable bonds is 6. The Morgan fingerprint density at radius 1 is 1.00 bits per heavy atom. The van der Waals surface area contributed by atoms with Crippen LogP contribution in [0.5, 0.6) is 0 Å². The molecule has 1 fully saturated rings. The number of furan rings is 1. The fraction of sp³-hybridized carbons (Fsp3) is 0.381. The van der Waals surface area contributed by atoms with E-state index >= 15 is 0 Å². The van der Waals surface area contributed by atoms with Crippen molar-refractivity contribution in [2.24, 2.45) is 0 Å². The zero-order valence-corrected chi connectivity index (χ0v) is 15.9. The first-order valence-corrected chi connectivity index (χ1v) is 9.59. The molecule has 3 amide bonds. The lowest BCUT2D eigenvalue weighted by Gasteiger charge is -2.24. The van der Waals surface area contributed by atoms with Crippen molar-refractivity contribution in [3.8, 4) is 0 Å². The minimum Gasteiger partial charge on any atom is -0.459 e. The summed E-state index contributed by atoms with van der Waals surface area (Å²) in [5, 5.41) is 8.38. The minimum absolute atomic E-state index is 0.149. The average molecular weight is 383 g/mol. The van der Waals surface area contributed by atoms with Crippen molar-refractivity contribution in [1.29, 1.82) is 0 Å². The maximum Gasteiger partial charge on any atom is 0.291 e. The Hall–Kier alpha value is -3.09. The molecule has 1 saturated carbocycles. The molecule has 1 heterocycles. The smallest absolute Gasteiger partial charge is 0.291 e. The van der Waals surface area contributed by atoms with Gasteiger partial charge in [0.05, 0.1) is 17.5 Å². The quantitative estimate of drug-likeness (QED) is 0.713. The van der Waals surface area contributed by atoms with E-state index in [4.69, 9.17) is 4.42 Å². The van der Waals surface area contributed by atoms with Crippen LogP contribution in [0.1, 0.15) is 59.9 Å². The molecular weight excluding hydrogens is 358 g/mol. The number of anilines is 1. The monoisotopic (exact) mass is 383 g/mol. The number of amides is 3. The van der Waals surface area contributed by atoms with Crippen LogP contribution < -0.4 is 16.0 Å². The van der Waals surface area contributed by atoms with E-state index in [0.29, 0.717) is 5.69 Å². The van der Waals surface area contributed by atoms with Gasteiger partial charge in [-0.25, -0.2) is 0 Å². The number of hydrogen-bond donors (Lipinski definition) is 3. The SMILES string of the molecule is C[C@@H](NC(=O)c1ccccc1NC(=O)c1ccco1)C(=O)NC1CCCCC1. The highest BCUT2D eigenvalue weighted by Crippen LogP contribution is 2.18. The Bertz CT molecular complexity index is 826. The number of nitrogens with one attached hydrogen (secondary N) is 3. The molecule has 0 radical (unpaired) electrons. The van der Waals surface area contributed by atoms with Crippen molar-refractivity contribution < 1.29 is 18.8 Å². The van der Waals surface area contributed by atoms with Crippen LogP contribution in [0.4, 0.5) is 5.69 Å². The Balaban J connectivity index is 1.62. The lowest BCUT2D eigenvalue weighted by Crippen LogP contribution is -2.48. The number of carbonyl (C=O) groups excluding carboxylic acids is 3. The third-order valence-corrected chi connectivity index (χ3v) is 4.86. The summed E-state index contributed by atoms with van der Waals surface area (Å²) < 4.78 is 5.07. The van der Waals surface area contributed by atoms with Crippen LogP contribution in [0.15, 0.2) is 47.1 Å². The van der Waals surface area contributed by atoms with Crippen LogP contribution in [0, 0.1) is 0 Å². The second-order valence-electron chi connectivity index (χ2n) is 7.02. The number of para-hydroxylation sites is 1. The van der Waals surface area contributed by atoms with Crippen LogP contribution in [-0.2, 0) is 4.79 Å². The van der Waals surface area contributed by atoms with E-state index in [1.54, 1.807) is 37.3 Å². The molecule has 7 nitrogen and oxygen atoms in total. The molecular formula is C21H25N3O4. The molecule has 2 aromatic rings. The van der Waals surface area contributed by atoms with E-state index in [1.807, 2.05) is 0 Å². The van der Waals surface area contributed by atoms with Crippen molar-refractivity contribution in [3.63, 3.8) is 0 Å². The predicted octanol–water partition coefficient (Wildman–Crippen LogP) is 3.10. The Morgan fingerprint density at radius 3 is 2.46 bits per heavy atom. The first kappa shape index (κ1) is 19.7. The molecule has 0 spiro atoms. The van der Waals surface area contributed by atoms with Crippen LogP contribution in [-0.4, -0.2) is 29.8 Å². The highest BCUT2D eigenvalue weighted by atomic mass is 16.3. The summed E-state index contributed by atoms with van der Waals surface area (Å²) in [6, 6.07) is 9.29. The van der Waals surface area contributed by atoms with E-state index in [0.717, 1.165) is 25.7 Å². The van der Waals surface area contributed by atoms with Gasteiger partial charge in [0, 0.05) is 6.04 Å². The molecule has 0 saturated heterocycles. The molecule has 1 atom stereocenters. The second-order valence-corrected chi connectivity index (χ2v) is 7.02. The molecule has 7 heteroatoms. The molecule has 1 aromatic carbocycles. The van der Waals surface area contributed by atoms with E-state index in [2.05, 4.69) is 16.0 Å². The molecule has 28 heavy (non-hydrogen) atoms. The topological polar surface area (TPSA) is 100 Å². The molecule has 3 N–H and O–H groups in total. The second kappa shape index (κ2) is 9.21. The lowest BCUT2D eigenvalue weighted by atomic mass is 9.95. The molecule has 1 aromatic heterocycles. The van der Waals surface area contributed by atoms with Gasteiger partial charge in [0.1, 0.15) is 6.04 Å². The van der Waals surface area contributed by atoms with Gasteiger partial charge in [-0.1, -0.05) is 31.4 Å². The maximum absolute atomic E-state index is 12.7. The fourth-order valence-electron chi connectivity index (χ4n) is 3.29. The number of benzene rings is 1. The Morgan fingerprint density at radius 2 is 1.75 bits per heavy atom. The summed E-state index contributed by atoms with van der Waals surface area (Å²) in [6.07, 6.45) is 6.81. The van der Waals surface area contributed by atoms with E-state index in [-0.39, 0.29) is 23.3 Å². The summed E-state index contributed by atoms with van der Waals surface area (Å²) in [5.41, 5.74) is 0.626. The summed E-state index contributed by atoms with van der Waals surface area (Å²) in [7, 11) is 0. The predicted molar refractivity (Wildman–Crippen MR) is 105 cm³/mol. The van der Waals surface area contributed by atoms with Crippen molar-refractivity contribution in [2.45, 2.75) is 51.1 Å². The van der Waals surface area contributed by atoms with Gasteiger partial charge in [-0.05, 0) is 44.0 Å². The average Bonchev–Trinajstić information content (AvgIpc) is 3.24. The summed E-state index contributed by atoms with van der Waals surface area (Å²) in [5.74, 6) is -0.928. The van der Waals surface area contributed by atoms with Gasteiger partial charge >= 0.3 is 0 Å². The van der Waals surface area contributed by atoms with Crippen LogP contribution in [0.3, 0.4) is 0 Å². The van der Waals surface area contributed by atoms with E-state index in [9.17, 15) is 14.4 Å². The van der Waals surface area contributed by atoms with Gasteiger partial charge in [0.25, 0.3) is 11.8 Å². The third-order valence-electron chi connectivity index (χ3n) is 4.86. The Labute approximate surface area is 163 Å². The van der Waals surface area contributed by atoms with Crippen molar-refractivity contribution in [2.75, 3.05) is 5.32 Å². The molecule has 0 aliphatic heterocycles. The molecule has 0 bridgehead atoms. The maximum atomic E-state index is 12.7. The first-order valence-electron chi connectivity index (χ1n) is 9.59. The highest BCUT2D eigenvalue weighted by Gasteiger charge is 2.22. The van der Waals surface area contributed by atoms with Gasteiger partial charge in [0.15, 0.2) is 5.76 Å². The molecule has 1 aliphatic carbocycles. The van der Waals surface area contributed by atoms with Gasteiger partial charge in [-0.15, -0.1) is 0 Å². The van der Waals surface area contributed by atoms with Crippen molar-refractivity contribution in [1.82, 2.24) is 10.6 Å². The minimum atomic E-state index is -0.678. The molecule has 0 unspecified atom stereocenters. The highest BCUT2D eigenvalue weighted by molar-refractivity contribution is 6.08.